The molecule has 1 rings (SSSR count). The van der Waals surface area contributed by atoms with Crippen molar-refractivity contribution in [1.82, 2.24) is 0 Å². The van der Waals surface area contributed by atoms with E-state index in [1.807, 2.05) is 0 Å². The molecule has 1 N–H and O–H groups in total. The molecular formula is C13H16F2O4. The van der Waals surface area contributed by atoms with E-state index in [2.05, 4.69) is 0 Å². The molecule has 0 radical (unpaired) electrons. The fourth-order valence-electron chi connectivity index (χ4n) is 1.49. The number of carboxylic acids is 1. The Kier molecular flexibility index (Phi) is 4.34. The Hall–Kier alpha value is -1.85. The third kappa shape index (κ3) is 3.56. The lowest BCUT2D eigenvalue weighted by Gasteiger charge is -2.28. The van der Waals surface area contributed by atoms with Crippen molar-refractivity contribution in [1.29, 1.82) is 0 Å². The SMILES string of the molecule is COc1cc(F)c(F)cc1OC(C(=O)O)C(C)(C)C. The van der Waals surface area contributed by atoms with Crippen LogP contribution in [0.5, 0.6) is 11.5 Å². The maximum absolute atomic E-state index is 13.2. The molecule has 0 amide bonds. The van der Waals surface area contributed by atoms with Gasteiger partial charge in [0.15, 0.2) is 23.1 Å². The summed E-state index contributed by atoms with van der Waals surface area (Å²) in [5.41, 5.74) is -0.721. The van der Waals surface area contributed by atoms with E-state index in [1.54, 1.807) is 20.8 Å². The van der Waals surface area contributed by atoms with Gasteiger partial charge in [-0.25, -0.2) is 13.6 Å². The van der Waals surface area contributed by atoms with E-state index >= 15 is 0 Å². The molecule has 0 aliphatic carbocycles. The fourth-order valence-corrected chi connectivity index (χ4v) is 1.49. The largest absolute Gasteiger partial charge is 0.493 e. The molecule has 0 spiro atoms. The zero-order valence-corrected chi connectivity index (χ0v) is 11.2. The molecule has 0 aromatic heterocycles. The molecule has 1 aromatic rings. The summed E-state index contributed by atoms with van der Waals surface area (Å²) in [6.07, 6.45) is -1.22. The Balaban J connectivity index is 3.16. The van der Waals surface area contributed by atoms with Gasteiger partial charge in [0, 0.05) is 17.5 Å². The number of halogens is 2. The Labute approximate surface area is 109 Å². The topological polar surface area (TPSA) is 55.8 Å². The van der Waals surface area contributed by atoms with Crippen molar-refractivity contribution in [3.8, 4) is 11.5 Å². The molecule has 0 saturated heterocycles. The second-order valence-electron chi connectivity index (χ2n) is 5.12. The molecule has 1 unspecified atom stereocenters. The average molecular weight is 274 g/mol. The molecule has 1 atom stereocenters. The molecule has 4 nitrogen and oxygen atoms in total. The van der Waals surface area contributed by atoms with Crippen LogP contribution in [0.3, 0.4) is 0 Å². The number of hydrogen-bond donors (Lipinski definition) is 1. The monoisotopic (exact) mass is 274 g/mol. The number of carboxylic acid groups (broad SMARTS) is 1. The number of carbonyl (C=O) groups is 1. The first-order valence-electron chi connectivity index (χ1n) is 5.59. The summed E-state index contributed by atoms with van der Waals surface area (Å²) in [6, 6.07) is 1.59. The van der Waals surface area contributed by atoms with E-state index in [0.717, 1.165) is 12.1 Å². The van der Waals surface area contributed by atoms with Crippen molar-refractivity contribution >= 4 is 5.97 Å². The molecule has 106 valence electrons. The minimum Gasteiger partial charge on any atom is -0.493 e. The number of benzene rings is 1. The summed E-state index contributed by atoms with van der Waals surface area (Å²) >= 11 is 0. The zero-order valence-electron chi connectivity index (χ0n) is 11.2. The lowest BCUT2D eigenvalue weighted by Crippen LogP contribution is -2.39. The Bertz CT molecular complexity index is 480. The van der Waals surface area contributed by atoms with Gasteiger partial charge in [-0.2, -0.15) is 0 Å². The van der Waals surface area contributed by atoms with Crippen molar-refractivity contribution in [2.75, 3.05) is 7.11 Å². The summed E-state index contributed by atoms with van der Waals surface area (Å²) in [6.45, 7) is 4.99. The van der Waals surface area contributed by atoms with Gasteiger partial charge in [-0.1, -0.05) is 20.8 Å². The van der Waals surface area contributed by atoms with Crippen LogP contribution in [0.15, 0.2) is 12.1 Å². The third-order valence-electron chi connectivity index (χ3n) is 2.46. The van der Waals surface area contributed by atoms with Crippen molar-refractivity contribution in [3.05, 3.63) is 23.8 Å². The van der Waals surface area contributed by atoms with Gasteiger partial charge in [0.05, 0.1) is 7.11 Å². The van der Waals surface area contributed by atoms with Crippen molar-refractivity contribution in [3.63, 3.8) is 0 Å². The van der Waals surface area contributed by atoms with Crippen LogP contribution in [-0.4, -0.2) is 24.3 Å². The predicted octanol–water partition coefficient (Wildman–Crippen LogP) is 2.85. The second kappa shape index (κ2) is 5.42. The predicted molar refractivity (Wildman–Crippen MR) is 64.4 cm³/mol. The van der Waals surface area contributed by atoms with Gasteiger partial charge in [-0.05, 0) is 0 Å². The first kappa shape index (κ1) is 15.2. The van der Waals surface area contributed by atoms with Crippen LogP contribution >= 0.6 is 0 Å². The smallest absolute Gasteiger partial charge is 0.345 e. The molecular weight excluding hydrogens is 258 g/mol. The van der Waals surface area contributed by atoms with E-state index < -0.39 is 29.1 Å². The average Bonchev–Trinajstić information content (AvgIpc) is 2.27. The van der Waals surface area contributed by atoms with Gasteiger partial charge in [0.25, 0.3) is 0 Å². The molecule has 0 bridgehead atoms. The molecule has 6 heteroatoms. The third-order valence-corrected chi connectivity index (χ3v) is 2.46. The minimum atomic E-state index is -1.22. The highest BCUT2D eigenvalue weighted by Crippen LogP contribution is 2.33. The van der Waals surface area contributed by atoms with E-state index in [4.69, 9.17) is 14.6 Å². The lowest BCUT2D eigenvalue weighted by atomic mass is 9.89. The normalized spacial score (nSPS) is 12.9. The lowest BCUT2D eigenvalue weighted by molar-refractivity contribution is -0.150. The van der Waals surface area contributed by atoms with Crippen LogP contribution in [0.2, 0.25) is 0 Å². The van der Waals surface area contributed by atoms with Crippen molar-refractivity contribution in [2.24, 2.45) is 5.41 Å². The first-order chi connectivity index (χ1) is 8.66. The van der Waals surface area contributed by atoms with Crippen LogP contribution in [-0.2, 0) is 4.79 Å². The Morgan fingerprint density at radius 3 is 2.05 bits per heavy atom. The Morgan fingerprint density at radius 1 is 1.21 bits per heavy atom. The van der Waals surface area contributed by atoms with Gasteiger partial charge in [0.1, 0.15) is 0 Å². The van der Waals surface area contributed by atoms with Crippen LogP contribution in [0, 0.1) is 17.0 Å². The summed E-state index contributed by atoms with van der Waals surface area (Å²) in [7, 11) is 1.26. The van der Waals surface area contributed by atoms with Gasteiger partial charge in [0.2, 0.25) is 6.10 Å². The van der Waals surface area contributed by atoms with Gasteiger partial charge in [-0.3, -0.25) is 0 Å². The van der Waals surface area contributed by atoms with Crippen LogP contribution in [0.1, 0.15) is 20.8 Å². The number of rotatable bonds is 4. The van der Waals surface area contributed by atoms with Crippen LogP contribution in [0.25, 0.3) is 0 Å². The molecule has 19 heavy (non-hydrogen) atoms. The molecule has 0 aliphatic rings. The number of hydrogen-bond acceptors (Lipinski definition) is 3. The number of aliphatic carboxylic acids is 1. The second-order valence-corrected chi connectivity index (χ2v) is 5.12. The molecule has 0 heterocycles. The summed E-state index contributed by atoms with van der Waals surface area (Å²) in [4.78, 5) is 11.2. The van der Waals surface area contributed by atoms with E-state index in [1.165, 1.54) is 7.11 Å². The van der Waals surface area contributed by atoms with Gasteiger partial charge in [-0.15, -0.1) is 0 Å². The molecule has 1 aromatic carbocycles. The summed E-state index contributed by atoms with van der Waals surface area (Å²) in [5.74, 6) is -3.63. The minimum absolute atomic E-state index is 0.0607. The first-order valence-corrected chi connectivity index (χ1v) is 5.59. The highest BCUT2D eigenvalue weighted by molar-refractivity contribution is 5.74. The summed E-state index contributed by atoms with van der Waals surface area (Å²) in [5, 5.41) is 9.12. The van der Waals surface area contributed by atoms with Crippen LogP contribution < -0.4 is 9.47 Å². The van der Waals surface area contributed by atoms with Crippen molar-refractivity contribution in [2.45, 2.75) is 26.9 Å². The zero-order chi connectivity index (χ0) is 14.8. The number of methoxy groups -OCH3 is 1. The Morgan fingerprint density at radius 2 is 1.68 bits per heavy atom. The molecule has 0 fully saturated rings. The van der Waals surface area contributed by atoms with Gasteiger partial charge >= 0.3 is 5.97 Å². The number of ether oxygens (including phenoxy) is 2. The van der Waals surface area contributed by atoms with E-state index in [-0.39, 0.29) is 11.5 Å². The molecule has 0 aliphatic heterocycles. The molecule has 0 saturated carbocycles. The summed E-state index contributed by atoms with van der Waals surface area (Å²) < 4.78 is 36.4. The fraction of sp³-hybridized carbons (Fsp3) is 0.462. The van der Waals surface area contributed by atoms with Crippen LogP contribution in [0.4, 0.5) is 8.78 Å². The quantitative estimate of drug-likeness (QED) is 0.917. The maximum atomic E-state index is 13.2. The van der Waals surface area contributed by atoms with Gasteiger partial charge < -0.3 is 14.6 Å². The highest BCUT2D eigenvalue weighted by atomic mass is 19.2. The maximum Gasteiger partial charge on any atom is 0.345 e. The van der Waals surface area contributed by atoms with E-state index in [0.29, 0.717) is 0 Å². The highest BCUT2D eigenvalue weighted by Gasteiger charge is 2.34. The van der Waals surface area contributed by atoms with Crippen molar-refractivity contribution < 1.29 is 28.2 Å². The van der Waals surface area contributed by atoms with E-state index in [9.17, 15) is 13.6 Å². The standard InChI is InChI=1S/C13H16F2O4/c1-13(2,3)11(12(16)17)19-10-6-8(15)7(14)5-9(10)18-4/h5-6,11H,1-4H3,(H,16,17).